The van der Waals surface area contributed by atoms with E-state index in [9.17, 15) is 0 Å². The van der Waals surface area contributed by atoms with E-state index < -0.39 is 0 Å². The molecule has 0 unspecified atom stereocenters. The zero-order valence-electron chi connectivity index (χ0n) is 16.2. The number of fused-ring (bicyclic) bond motifs is 1. The Bertz CT molecular complexity index is 794. The van der Waals surface area contributed by atoms with Crippen LogP contribution in [0.4, 0.5) is 0 Å². The summed E-state index contributed by atoms with van der Waals surface area (Å²) in [5, 5.41) is 12.1. The van der Waals surface area contributed by atoms with Crippen LogP contribution in [0.2, 0.25) is 0 Å². The Balaban J connectivity index is 0.00000210. The number of hydrogen-bond donors (Lipinski definition) is 1. The van der Waals surface area contributed by atoms with Crippen molar-refractivity contribution in [2.45, 2.75) is 58.2 Å². The van der Waals surface area contributed by atoms with Gasteiger partial charge < -0.3 is 14.8 Å². The largest absolute Gasteiger partial charge is 0.353 e. The van der Waals surface area contributed by atoms with Crippen LogP contribution in [0, 0.1) is 6.92 Å². The SMILES string of the molecule is Cc1nnc(CN=C(NC2CCCC2)N2CCc3ccccc3C2)n1C.I. The first-order valence-electron chi connectivity index (χ1n) is 9.68. The molecule has 0 amide bonds. The first kappa shape index (κ1) is 20.1. The molecule has 2 aliphatic rings. The average Bonchev–Trinajstić information content (AvgIpc) is 3.29. The fourth-order valence-electron chi connectivity index (χ4n) is 3.90. The molecule has 0 saturated heterocycles. The molecule has 0 spiro atoms. The van der Waals surface area contributed by atoms with E-state index in [0.717, 1.165) is 37.1 Å². The van der Waals surface area contributed by atoms with Crippen molar-refractivity contribution in [1.82, 2.24) is 25.0 Å². The summed E-state index contributed by atoms with van der Waals surface area (Å²) in [6.45, 7) is 4.46. The minimum atomic E-state index is 0. The Kier molecular flexibility index (Phi) is 6.73. The van der Waals surface area contributed by atoms with Gasteiger partial charge in [0.15, 0.2) is 11.8 Å². The van der Waals surface area contributed by atoms with Gasteiger partial charge >= 0.3 is 0 Å². The molecule has 1 N–H and O–H groups in total. The maximum Gasteiger partial charge on any atom is 0.194 e. The average molecular weight is 480 g/mol. The number of nitrogens with one attached hydrogen (secondary N) is 1. The van der Waals surface area contributed by atoms with E-state index >= 15 is 0 Å². The van der Waals surface area contributed by atoms with Crippen LogP contribution < -0.4 is 5.32 Å². The number of halogens is 1. The van der Waals surface area contributed by atoms with Gasteiger partial charge in [0.05, 0.1) is 0 Å². The van der Waals surface area contributed by atoms with Crippen LogP contribution in [0.1, 0.15) is 48.5 Å². The normalized spacial score (nSPS) is 17.6. The molecule has 1 saturated carbocycles. The highest BCUT2D eigenvalue weighted by atomic mass is 127. The fraction of sp³-hybridized carbons (Fsp3) is 0.550. The van der Waals surface area contributed by atoms with Crippen molar-refractivity contribution >= 4 is 29.9 Å². The van der Waals surface area contributed by atoms with Crippen molar-refractivity contribution in [1.29, 1.82) is 0 Å². The topological polar surface area (TPSA) is 58.3 Å². The Labute approximate surface area is 178 Å². The number of benzene rings is 1. The van der Waals surface area contributed by atoms with Crippen LogP contribution in [-0.2, 0) is 26.6 Å². The molecule has 146 valence electrons. The van der Waals surface area contributed by atoms with Gasteiger partial charge in [-0.15, -0.1) is 34.2 Å². The number of aromatic nitrogens is 3. The van der Waals surface area contributed by atoms with E-state index in [4.69, 9.17) is 4.99 Å². The summed E-state index contributed by atoms with van der Waals surface area (Å²) in [5.41, 5.74) is 2.88. The molecule has 2 aromatic rings. The van der Waals surface area contributed by atoms with Crippen LogP contribution in [-0.4, -0.2) is 38.2 Å². The van der Waals surface area contributed by atoms with Gasteiger partial charge in [-0.2, -0.15) is 0 Å². The highest BCUT2D eigenvalue weighted by molar-refractivity contribution is 14.0. The highest BCUT2D eigenvalue weighted by Crippen LogP contribution is 2.21. The number of hydrogen-bond acceptors (Lipinski definition) is 3. The van der Waals surface area contributed by atoms with Crippen molar-refractivity contribution in [3.63, 3.8) is 0 Å². The predicted octanol–water partition coefficient (Wildman–Crippen LogP) is 3.19. The summed E-state index contributed by atoms with van der Waals surface area (Å²) in [7, 11) is 2.00. The molecule has 4 rings (SSSR count). The predicted molar refractivity (Wildman–Crippen MR) is 118 cm³/mol. The van der Waals surface area contributed by atoms with Gasteiger partial charge in [0.1, 0.15) is 12.4 Å². The summed E-state index contributed by atoms with van der Waals surface area (Å²) in [4.78, 5) is 7.33. The molecule has 1 aromatic heterocycles. The van der Waals surface area contributed by atoms with E-state index in [1.54, 1.807) is 0 Å². The standard InChI is InChI=1S/C20H28N6.HI/c1-15-23-24-19(25(15)2)13-21-20(22-18-9-5-6-10-18)26-12-11-16-7-3-4-8-17(16)14-26;/h3-4,7-8,18H,5-6,9-14H2,1-2H3,(H,21,22);1H. The van der Waals surface area contributed by atoms with Gasteiger partial charge in [0.2, 0.25) is 0 Å². The minimum absolute atomic E-state index is 0. The number of guanidine groups is 1. The van der Waals surface area contributed by atoms with Gasteiger partial charge in [0, 0.05) is 26.2 Å². The molecule has 1 aromatic carbocycles. The molecule has 6 nitrogen and oxygen atoms in total. The third-order valence-corrected chi connectivity index (χ3v) is 5.67. The zero-order chi connectivity index (χ0) is 17.9. The van der Waals surface area contributed by atoms with Gasteiger partial charge in [-0.25, -0.2) is 4.99 Å². The lowest BCUT2D eigenvalue weighted by molar-refractivity contribution is 0.370. The van der Waals surface area contributed by atoms with Crippen molar-refractivity contribution in [2.75, 3.05) is 6.54 Å². The molecule has 7 heteroatoms. The Morgan fingerprint density at radius 2 is 1.93 bits per heavy atom. The summed E-state index contributed by atoms with van der Waals surface area (Å²) in [5.74, 6) is 2.85. The Hall–Kier alpha value is -1.64. The first-order chi connectivity index (χ1) is 12.7. The van der Waals surface area contributed by atoms with Gasteiger partial charge in [-0.3, -0.25) is 0 Å². The number of nitrogens with zero attached hydrogens (tertiary/aromatic N) is 5. The van der Waals surface area contributed by atoms with Crippen LogP contribution in [0.15, 0.2) is 29.3 Å². The van der Waals surface area contributed by atoms with Crippen molar-refractivity contribution < 1.29 is 0 Å². The van der Waals surface area contributed by atoms with Crippen molar-refractivity contribution in [2.24, 2.45) is 12.0 Å². The summed E-state index contributed by atoms with van der Waals surface area (Å²) >= 11 is 0. The van der Waals surface area contributed by atoms with E-state index in [0.29, 0.717) is 12.6 Å². The molecular formula is C20H29IN6. The van der Waals surface area contributed by atoms with Gasteiger partial charge in [-0.1, -0.05) is 37.1 Å². The maximum atomic E-state index is 4.94. The Morgan fingerprint density at radius 1 is 1.19 bits per heavy atom. The lowest BCUT2D eigenvalue weighted by Gasteiger charge is -2.33. The number of aliphatic imine (C=N–C) groups is 1. The van der Waals surface area contributed by atoms with Crippen LogP contribution in [0.25, 0.3) is 0 Å². The highest BCUT2D eigenvalue weighted by Gasteiger charge is 2.23. The van der Waals surface area contributed by atoms with Crippen molar-refractivity contribution in [3.8, 4) is 0 Å². The lowest BCUT2D eigenvalue weighted by Crippen LogP contribution is -2.47. The van der Waals surface area contributed by atoms with E-state index in [1.165, 1.54) is 36.8 Å². The molecule has 0 atom stereocenters. The molecule has 27 heavy (non-hydrogen) atoms. The monoisotopic (exact) mass is 480 g/mol. The molecule has 0 bridgehead atoms. The van der Waals surface area contributed by atoms with E-state index in [1.807, 2.05) is 18.5 Å². The molecule has 1 fully saturated rings. The molecular weight excluding hydrogens is 451 g/mol. The molecule has 1 aliphatic heterocycles. The smallest absolute Gasteiger partial charge is 0.194 e. The van der Waals surface area contributed by atoms with Crippen molar-refractivity contribution in [3.05, 3.63) is 47.0 Å². The third-order valence-electron chi connectivity index (χ3n) is 5.67. The van der Waals surface area contributed by atoms with E-state index in [2.05, 4.69) is 44.7 Å². The third kappa shape index (κ3) is 4.62. The van der Waals surface area contributed by atoms with Crippen LogP contribution in [0.5, 0.6) is 0 Å². The number of rotatable bonds is 3. The lowest BCUT2D eigenvalue weighted by atomic mass is 10.0. The van der Waals surface area contributed by atoms with E-state index in [-0.39, 0.29) is 24.0 Å². The number of aryl methyl sites for hydroxylation is 1. The quantitative estimate of drug-likeness (QED) is 0.417. The minimum Gasteiger partial charge on any atom is -0.353 e. The Morgan fingerprint density at radius 3 is 2.63 bits per heavy atom. The molecule has 1 aliphatic carbocycles. The summed E-state index contributed by atoms with van der Waals surface area (Å²) in [6, 6.07) is 9.30. The molecule has 2 heterocycles. The maximum absolute atomic E-state index is 4.94. The van der Waals surface area contributed by atoms with Crippen LogP contribution in [0.3, 0.4) is 0 Å². The van der Waals surface area contributed by atoms with Crippen LogP contribution >= 0.6 is 24.0 Å². The second kappa shape index (κ2) is 9.03. The van der Waals surface area contributed by atoms with Gasteiger partial charge in [0.25, 0.3) is 0 Å². The summed E-state index contributed by atoms with van der Waals surface area (Å²) in [6.07, 6.45) is 6.19. The summed E-state index contributed by atoms with van der Waals surface area (Å²) < 4.78 is 2.02. The van der Waals surface area contributed by atoms with Gasteiger partial charge in [-0.05, 0) is 37.3 Å². The zero-order valence-corrected chi connectivity index (χ0v) is 18.5. The fourth-order valence-corrected chi connectivity index (χ4v) is 3.90. The first-order valence-corrected chi connectivity index (χ1v) is 9.68. The second-order valence-electron chi connectivity index (χ2n) is 7.43. The second-order valence-corrected chi connectivity index (χ2v) is 7.43. The molecule has 0 radical (unpaired) electrons.